The molecule has 5 heteroatoms. The smallest absolute Gasteiger partial charge is 0.321 e. The number of carbonyl (C=O) groups is 1. The second-order valence-corrected chi connectivity index (χ2v) is 5.43. The van der Waals surface area contributed by atoms with E-state index in [1.807, 2.05) is 19.9 Å². The number of carbonyl (C=O) groups excluding carboxylic acids is 1. The average Bonchev–Trinajstić information content (AvgIpc) is 3.01. The summed E-state index contributed by atoms with van der Waals surface area (Å²) in [6.07, 6.45) is 2.51. The van der Waals surface area contributed by atoms with Crippen molar-refractivity contribution in [3.8, 4) is 0 Å². The standard InChI is InChI=1S/C16H25N3O2/c1-3-18(10-11-20)16(21)17-15-7-6-14(12-13(15)2)19-8-4-5-9-19/h6-7,12,20H,3-5,8-11H2,1-2H3,(H,17,21). The summed E-state index contributed by atoms with van der Waals surface area (Å²) < 4.78 is 0. The van der Waals surface area contributed by atoms with E-state index in [4.69, 9.17) is 5.11 Å². The first-order valence-corrected chi connectivity index (χ1v) is 7.68. The second-order valence-electron chi connectivity index (χ2n) is 5.43. The first-order valence-electron chi connectivity index (χ1n) is 7.68. The molecule has 1 aromatic carbocycles. The molecule has 21 heavy (non-hydrogen) atoms. The van der Waals surface area contributed by atoms with Gasteiger partial charge >= 0.3 is 6.03 Å². The lowest BCUT2D eigenvalue weighted by Crippen LogP contribution is -2.37. The number of nitrogens with one attached hydrogen (secondary N) is 1. The van der Waals surface area contributed by atoms with Gasteiger partial charge in [0.05, 0.1) is 6.61 Å². The van der Waals surface area contributed by atoms with E-state index in [2.05, 4.69) is 22.3 Å². The zero-order chi connectivity index (χ0) is 15.2. The Morgan fingerprint density at radius 1 is 1.38 bits per heavy atom. The van der Waals surface area contributed by atoms with E-state index in [1.54, 1.807) is 4.90 Å². The van der Waals surface area contributed by atoms with Gasteiger partial charge in [-0.05, 0) is 50.5 Å². The quantitative estimate of drug-likeness (QED) is 0.876. The Morgan fingerprint density at radius 3 is 2.67 bits per heavy atom. The predicted molar refractivity (Wildman–Crippen MR) is 86.0 cm³/mol. The highest BCUT2D eigenvalue weighted by Crippen LogP contribution is 2.25. The summed E-state index contributed by atoms with van der Waals surface area (Å²) >= 11 is 0. The number of anilines is 2. The van der Waals surface area contributed by atoms with Crippen LogP contribution in [-0.4, -0.2) is 48.8 Å². The number of aliphatic hydroxyl groups is 1. The molecule has 0 radical (unpaired) electrons. The maximum absolute atomic E-state index is 12.1. The molecule has 2 N–H and O–H groups in total. The number of aliphatic hydroxyl groups excluding tert-OH is 1. The van der Waals surface area contributed by atoms with Gasteiger partial charge in [0.25, 0.3) is 0 Å². The number of benzene rings is 1. The number of amides is 2. The summed E-state index contributed by atoms with van der Waals surface area (Å²) in [5.41, 5.74) is 3.12. The van der Waals surface area contributed by atoms with Crippen molar-refractivity contribution in [2.45, 2.75) is 26.7 Å². The van der Waals surface area contributed by atoms with Gasteiger partial charge in [-0.3, -0.25) is 0 Å². The Morgan fingerprint density at radius 2 is 2.10 bits per heavy atom. The number of urea groups is 1. The predicted octanol–water partition coefficient (Wildman–Crippen LogP) is 2.44. The summed E-state index contributed by atoms with van der Waals surface area (Å²) in [7, 11) is 0. The molecule has 2 amide bonds. The third-order valence-electron chi connectivity index (χ3n) is 3.96. The van der Waals surface area contributed by atoms with Crippen LogP contribution in [0.5, 0.6) is 0 Å². The molecule has 5 nitrogen and oxygen atoms in total. The van der Waals surface area contributed by atoms with Crippen LogP contribution in [0.25, 0.3) is 0 Å². The van der Waals surface area contributed by atoms with Crippen molar-refractivity contribution >= 4 is 17.4 Å². The Labute approximate surface area is 126 Å². The van der Waals surface area contributed by atoms with Crippen molar-refractivity contribution in [2.24, 2.45) is 0 Å². The van der Waals surface area contributed by atoms with E-state index in [1.165, 1.54) is 18.5 Å². The third-order valence-corrected chi connectivity index (χ3v) is 3.96. The first kappa shape index (κ1) is 15.6. The van der Waals surface area contributed by atoms with Gasteiger partial charge in [0.1, 0.15) is 0 Å². The number of aryl methyl sites for hydroxylation is 1. The van der Waals surface area contributed by atoms with Gasteiger partial charge in [-0.25, -0.2) is 4.79 Å². The van der Waals surface area contributed by atoms with Gasteiger partial charge in [0.2, 0.25) is 0 Å². The highest BCUT2D eigenvalue weighted by molar-refractivity contribution is 5.90. The van der Waals surface area contributed by atoms with Crippen LogP contribution in [0.15, 0.2) is 18.2 Å². The van der Waals surface area contributed by atoms with E-state index in [0.717, 1.165) is 24.3 Å². The van der Waals surface area contributed by atoms with Crippen LogP contribution in [-0.2, 0) is 0 Å². The zero-order valence-electron chi connectivity index (χ0n) is 12.9. The molecule has 0 spiro atoms. The summed E-state index contributed by atoms with van der Waals surface area (Å²) in [5, 5.41) is 11.9. The second kappa shape index (κ2) is 7.31. The average molecular weight is 291 g/mol. The van der Waals surface area contributed by atoms with E-state index in [-0.39, 0.29) is 12.6 Å². The Bertz CT molecular complexity index is 484. The minimum atomic E-state index is -0.163. The zero-order valence-corrected chi connectivity index (χ0v) is 12.9. The van der Waals surface area contributed by atoms with Gasteiger partial charge < -0.3 is 20.2 Å². The molecule has 0 saturated carbocycles. The van der Waals surface area contributed by atoms with E-state index >= 15 is 0 Å². The highest BCUT2D eigenvalue weighted by Gasteiger charge is 2.15. The molecule has 1 aliphatic heterocycles. The summed E-state index contributed by atoms with van der Waals surface area (Å²) in [6.45, 7) is 7.06. The number of hydrogen-bond donors (Lipinski definition) is 2. The van der Waals surface area contributed by atoms with Crippen LogP contribution in [0.3, 0.4) is 0 Å². The van der Waals surface area contributed by atoms with Crippen molar-refractivity contribution in [3.63, 3.8) is 0 Å². The van der Waals surface area contributed by atoms with Crippen molar-refractivity contribution < 1.29 is 9.90 Å². The summed E-state index contributed by atoms with van der Waals surface area (Å²) in [4.78, 5) is 16.1. The van der Waals surface area contributed by atoms with Crippen molar-refractivity contribution in [1.29, 1.82) is 0 Å². The fraction of sp³-hybridized carbons (Fsp3) is 0.562. The summed E-state index contributed by atoms with van der Waals surface area (Å²) in [6, 6.07) is 6.00. The molecule has 0 bridgehead atoms. The third kappa shape index (κ3) is 3.88. The largest absolute Gasteiger partial charge is 0.395 e. The molecule has 1 aliphatic rings. The topological polar surface area (TPSA) is 55.8 Å². The van der Waals surface area contributed by atoms with Crippen LogP contribution >= 0.6 is 0 Å². The van der Waals surface area contributed by atoms with E-state index in [9.17, 15) is 4.79 Å². The van der Waals surface area contributed by atoms with Gasteiger partial charge in [-0.2, -0.15) is 0 Å². The lowest BCUT2D eigenvalue weighted by Gasteiger charge is -2.22. The molecular formula is C16H25N3O2. The normalized spacial score (nSPS) is 14.3. The molecule has 0 aliphatic carbocycles. The van der Waals surface area contributed by atoms with Crippen LogP contribution in [0.2, 0.25) is 0 Å². The molecule has 1 heterocycles. The minimum Gasteiger partial charge on any atom is -0.395 e. The number of rotatable bonds is 5. The van der Waals surface area contributed by atoms with Gasteiger partial charge in [0.15, 0.2) is 0 Å². The Kier molecular flexibility index (Phi) is 5.44. The van der Waals surface area contributed by atoms with Crippen molar-refractivity contribution in [2.75, 3.05) is 43.0 Å². The number of nitrogens with zero attached hydrogens (tertiary/aromatic N) is 2. The number of hydrogen-bond acceptors (Lipinski definition) is 3. The molecule has 1 aromatic rings. The van der Waals surface area contributed by atoms with Gasteiger partial charge in [-0.15, -0.1) is 0 Å². The monoisotopic (exact) mass is 291 g/mol. The molecule has 116 valence electrons. The SMILES string of the molecule is CCN(CCO)C(=O)Nc1ccc(N2CCCC2)cc1C. The van der Waals surface area contributed by atoms with Crippen molar-refractivity contribution in [1.82, 2.24) is 4.90 Å². The van der Waals surface area contributed by atoms with Crippen LogP contribution in [0.1, 0.15) is 25.3 Å². The minimum absolute atomic E-state index is 0.0197. The lowest BCUT2D eigenvalue weighted by atomic mass is 10.1. The Balaban J connectivity index is 2.04. The molecule has 0 aromatic heterocycles. The van der Waals surface area contributed by atoms with Crippen LogP contribution < -0.4 is 10.2 Å². The fourth-order valence-corrected chi connectivity index (χ4v) is 2.68. The molecule has 0 unspecified atom stereocenters. The van der Waals surface area contributed by atoms with Gasteiger partial charge in [-0.1, -0.05) is 0 Å². The number of likely N-dealkylation sites (N-methyl/N-ethyl adjacent to an activating group) is 1. The lowest BCUT2D eigenvalue weighted by molar-refractivity contribution is 0.192. The van der Waals surface area contributed by atoms with E-state index < -0.39 is 0 Å². The fourth-order valence-electron chi connectivity index (χ4n) is 2.68. The first-order chi connectivity index (χ1) is 10.2. The maximum atomic E-state index is 12.1. The molecular weight excluding hydrogens is 266 g/mol. The highest BCUT2D eigenvalue weighted by atomic mass is 16.3. The van der Waals surface area contributed by atoms with Crippen LogP contribution in [0.4, 0.5) is 16.2 Å². The molecule has 0 atom stereocenters. The van der Waals surface area contributed by atoms with Crippen LogP contribution in [0, 0.1) is 6.92 Å². The molecule has 2 rings (SSSR count). The summed E-state index contributed by atoms with van der Waals surface area (Å²) in [5.74, 6) is 0. The molecule has 1 saturated heterocycles. The van der Waals surface area contributed by atoms with Crippen molar-refractivity contribution in [3.05, 3.63) is 23.8 Å². The van der Waals surface area contributed by atoms with E-state index in [0.29, 0.717) is 13.1 Å². The maximum Gasteiger partial charge on any atom is 0.321 e. The molecule has 1 fully saturated rings. The Hall–Kier alpha value is -1.75. The van der Waals surface area contributed by atoms with Gasteiger partial charge in [0, 0.05) is 37.6 Å².